The molecule has 0 saturated carbocycles. The highest BCUT2D eigenvalue weighted by atomic mass is 35.5. The van der Waals surface area contributed by atoms with Crippen molar-refractivity contribution >= 4 is 29.2 Å². The molecule has 7 heteroatoms. The molecular weight excluding hydrogens is 320 g/mol. The molecule has 0 saturated heterocycles. The minimum atomic E-state index is -0.620. The fourth-order valence-electron chi connectivity index (χ4n) is 1.77. The number of esters is 1. The zero-order valence-electron chi connectivity index (χ0n) is 12.6. The number of aromatic nitrogens is 1. The van der Waals surface area contributed by atoms with Crippen molar-refractivity contribution in [1.29, 1.82) is 0 Å². The maximum atomic E-state index is 11.9. The number of ether oxygens (including phenoxy) is 2. The minimum Gasteiger partial charge on any atom is -0.495 e. The monoisotopic (exact) mass is 334 g/mol. The zero-order chi connectivity index (χ0) is 16.8. The Morgan fingerprint density at radius 1 is 1.26 bits per heavy atom. The molecule has 2 aromatic rings. The lowest BCUT2D eigenvalue weighted by molar-refractivity contribution is -0.119. The van der Waals surface area contributed by atoms with Gasteiger partial charge in [0.15, 0.2) is 6.61 Å². The van der Waals surface area contributed by atoms with E-state index in [2.05, 4.69) is 10.3 Å². The maximum Gasteiger partial charge on any atom is 0.340 e. The molecule has 0 atom stereocenters. The van der Waals surface area contributed by atoms with E-state index in [1.807, 2.05) is 0 Å². The number of halogens is 1. The summed E-state index contributed by atoms with van der Waals surface area (Å²) in [5.41, 5.74) is 1.47. The molecule has 0 radical (unpaired) electrons. The van der Waals surface area contributed by atoms with E-state index >= 15 is 0 Å². The number of pyridine rings is 1. The van der Waals surface area contributed by atoms with Gasteiger partial charge in [-0.2, -0.15) is 0 Å². The number of nitrogens with zero attached hydrogens (tertiary/aromatic N) is 1. The number of anilines is 1. The standard InChI is InChI=1S/C16H15ClN2O4/c1-10-3-4-11(8-18-10)16(21)23-9-15(20)19-13-7-12(17)5-6-14(13)22-2/h3-8H,9H2,1-2H3,(H,19,20). The first-order chi connectivity index (χ1) is 11.0. The summed E-state index contributed by atoms with van der Waals surface area (Å²) in [7, 11) is 1.48. The average Bonchev–Trinajstić information content (AvgIpc) is 2.53. The molecular formula is C16H15ClN2O4. The third-order valence-corrected chi connectivity index (χ3v) is 3.15. The predicted octanol–water partition coefficient (Wildman–Crippen LogP) is 2.85. The van der Waals surface area contributed by atoms with Crippen molar-refractivity contribution in [2.24, 2.45) is 0 Å². The van der Waals surface area contributed by atoms with Gasteiger partial charge in [-0.15, -0.1) is 0 Å². The fourth-order valence-corrected chi connectivity index (χ4v) is 1.94. The van der Waals surface area contributed by atoms with Gasteiger partial charge >= 0.3 is 5.97 Å². The number of hydrogen-bond acceptors (Lipinski definition) is 5. The van der Waals surface area contributed by atoms with E-state index in [1.54, 1.807) is 37.3 Å². The molecule has 6 nitrogen and oxygen atoms in total. The molecule has 0 aliphatic heterocycles. The topological polar surface area (TPSA) is 77.5 Å². The Balaban J connectivity index is 1.94. The summed E-state index contributed by atoms with van der Waals surface area (Å²) in [6.45, 7) is 1.38. The van der Waals surface area contributed by atoms with E-state index in [4.69, 9.17) is 21.1 Å². The summed E-state index contributed by atoms with van der Waals surface area (Å²) >= 11 is 5.88. The van der Waals surface area contributed by atoms with Gasteiger partial charge in [0.25, 0.3) is 5.91 Å². The van der Waals surface area contributed by atoms with Crippen LogP contribution in [0.3, 0.4) is 0 Å². The predicted molar refractivity (Wildman–Crippen MR) is 85.9 cm³/mol. The summed E-state index contributed by atoms with van der Waals surface area (Å²) in [5.74, 6) is -0.665. The Morgan fingerprint density at radius 2 is 2.04 bits per heavy atom. The number of methoxy groups -OCH3 is 1. The molecule has 0 aliphatic rings. The number of benzene rings is 1. The highest BCUT2D eigenvalue weighted by Crippen LogP contribution is 2.27. The molecule has 23 heavy (non-hydrogen) atoms. The Kier molecular flexibility index (Phi) is 5.54. The molecule has 0 spiro atoms. The molecule has 1 aromatic carbocycles. The van der Waals surface area contributed by atoms with E-state index in [0.29, 0.717) is 16.5 Å². The molecule has 0 bridgehead atoms. The van der Waals surface area contributed by atoms with E-state index in [0.717, 1.165) is 5.69 Å². The van der Waals surface area contributed by atoms with Crippen LogP contribution in [0.5, 0.6) is 5.75 Å². The SMILES string of the molecule is COc1ccc(Cl)cc1NC(=O)COC(=O)c1ccc(C)nc1. The van der Waals surface area contributed by atoms with Crippen molar-refractivity contribution in [2.75, 3.05) is 19.0 Å². The molecule has 1 heterocycles. The number of amides is 1. The largest absolute Gasteiger partial charge is 0.495 e. The fraction of sp³-hybridized carbons (Fsp3) is 0.188. The van der Waals surface area contributed by atoms with E-state index in [-0.39, 0.29) is 5.56 Å². The molecule has 0 aliphatic carbocycles. The van der Waals surface area contributed by atoms with Crippen LogP contribution in [0.4, 0.5) is 5.69 Å². The molecule has 0 fully saturated rings. The normalized spacial score (nSPS) is 10.0. The van der Waals surface area contributed by atoms with Crippen LogP contribution in [-0.2, 0) is 9.53 Å². The highest BCUT2D eigenvalue weighted by Gasteiger charge is 2.12. The van der Waals surface area contributed by atoms with Crippen LogP contribution < -0.4 is 10.1 Å². The third kappa shape index (κ3) is 4.69. The molecule has 120 valence electrons. The molecule has 0 unspecified atom stereocenters. The number of carbonyl (C=O) groups is 2. The Hall–Kier alpha value is -2.60. The second-order valence-electron chi connectivity index (χ2n) is 4.66. The summed E-state index contributed by atoms with van der Waals surface area (Å²) in [6, 6.07) is 8.09. The van der Waals surface area contributed by atoms with Crippen LogP contribution in [0.1, 0.15) is 16.1 Å². The number of carbonyl (C=O) groups excluding carboxylic acids is 2. The van der Waals surface area contributed by atoms with Gasteiger partial charge in [0.05, 0.1) is 18.4 Å². The van der Waals surface area contributed by atoms with Crippen molar-refractivity contribution in [1.82, 2.24) is 4.98 Å². The van der Waals surface area contributed by atoms with Crippen LogP contribution in [-0.4, -0.2) is 30.6 Å². The average molecular weight is 335 g/mol. The Labute approximate surface area is 138 Å². The van der Waals surface area contributed by atoms with E-state index < -0.39 is 18.5 Å². The van der Waals surface area contributed by atoms with Crippen molar-refractivity contribution in [3.8, 4) is 5.75 Å². The number of aryl methyl sites for hydroxylation is 1. The van der Waals surface area contributed by atoms with Gasteiger partial charge < -0.3 is 14.8 Å². The molecule has 1 N–H and O–H groups in total. The van der Waals surface area contributed by atoms with Gasteiger partial charge in [-0.25, -0.2) is 4.79 Å². The van der Waals surface area contributed by atoms with Crippen LogP contribution in [0.25, 0.3) is 0 Å². The number of hydrogen-bond donors (Lipinski definition) is 1. The van der Waals surface area contributed by atoms with Crippen LogP contribution >= 0.6 is 11.6 Å². The second kappa shape index (κ2) is 7.60. The lowest BCUT2D eigenvalue weighted by Gasteiger charge is -2.10. The molecule has 2 rings (SSSR count). The Morgan fingerprint density at radius 3 is 2.70 bits per heavy atom. The van der Waals surface area contributed by atoms with Crippen LogP contribution in [0.15, 0.2) is 36.5 Å². The molecule has 1 aromatic heterocycles. The summed E-state index contributed by atoms with van der Waals surface area (Å²) in [5, 5.41) is 3.02. The van der Waals surface area contributed by atoms with Gasteiger partial charge in [0.1, 0.15) is 5.75 Å². The van der Waals surface area contributed by atoms with Gasteiger partial charge in [-0.1, -0.05) is 11.6 Å². The van der Waals surface area contributed by atoms with Crippen LogP contribution in [0, 0.1) is 6.92 Å². The minimum absolute atomic E-state index is 0.281. The van der Waals surface area contributed by atoms with Gasteiger partial charge in [-0.3, -0.25) is 9.78 Å². The van der Waals surface area contributed by atoms with E-state index in [9.17, 15) is 9.59 Å². The number of rotatable bonds is 5. The maximum absolute atomic E-state index is 11.9. The van der Waals surface area contributed by atoms with Gasteiger partial charge in [0.2, 0.25) is 0 Å². The zero-order valence-corrected chi connectivity index (χ0v) is 13.4. The first-order valence-electron chi connectivity index (χ1n) is 6.73. The van der Waals surface area contributed by atoms with Crippen molar-refractivity contribution in [3.63, 3.8) is 0 Å². The quantitative estimate of drug-likeness (QED) is 0.851. The second-order valence-corrected chi connectivity index (χ2v) is 5.09. The van der Waals surface area contributed by atoms with Gasteiger partial charge in [-0.05, 0) is 37.3 Å². The summed E-state index contributed by atoms with van der Waals surface area (Å²) in [6.07, 6.45) is 1.40. The van der Waals surface area contributed by atoms with Crippen molar-refractivity contribution in [3.05, 3.63) is 52.8 Å². The first kappa shape index (κ1) is 16.8. The molecule has 1 amide bonds. The lowest BCUT2D eigenvalue weighted by Crippen LogP contribution is -2.21. The Bertz CT molecular complexity index is 717. The summed E-state index contributed by atoms with van der Waals surface area (Å²) < 4.78 is 10.1. The van der Waals surface area contributed by atoms with Crippen molar-refractivity contribution < 1.29 is 19.1 Å². The number of nitrogens with one attached hydrogen (secondary N) is 1. The smallest absolute Gasteiger partial charge is 0.340 e. The van der Waals surface area contributed by atoms with Crippen molar-refractivity contribution in [2.45, 2.75) is 6.92 Å². The highest BCUT2D eigenvalue weighted by molar-refractivity contribution is 6.31. The first-order valence-corrected chi connectivity index (χ1v) is 7.10. The van der Waals surface area contributed by atoms with Gasteiger partial charge in [0, 0.05) is 16.9 Å². The van der Waals surface area contributed by atoms with E-state index in [1.165, 1.54) is 13.3 Å². The lowest BCUT2D eigenvalue weighted by atomic mass is 10.2. The summed E-state index contributed by atoms with van der Waals surface area (Å²) in [4.78, 5) is 27.7. The van der Waals surface area contributed by atoms with Crippen LogP contribution in [0.2, 0.25) is 5.02 Å². The third-order valence-electron chi connectivity index (χ3n) is 2.92.